The van der Waals surface area contributed by atoms with Crippen molar-refractivity contribution in [1.82, 2.24) is 0 Å². The van der Waals surface area contributed by atoms with Gasteiger partial charge in [0.15, 0.2) is 5.92 Å². The summed E-state index contributed by atoms with van der Waals surface area (Å²) in [6.45, 7) is 4.03. The highest BCUT2D eigenvalue weighted by Gasteiger charge is 2.57. The van der Waals surface area contributed by atoms with Gasteiger partial charge in [0.1, 0.15) is 12.7 Å². The van der Waals surface area contributed by atoms with Crippen molar-refractivity contribution in [1.29, 1.82) is 0 Å². The minimum absolute atomic E-state index is 0.117. The van der Waals surface area contributed by atoms with Crippen molar-refractivity contribution < 1.29 is 33.3 Å². The Hall–Kier alpha value is -1.63. The Morgan fingerprint density at radius 2 is 2.05 bits per heavy atom. The zero-order valence-corrected chi connectivity index (χ0v) is 13.1. The number of hydrogen-bond acceptors (Lipinski definition) is 7. The molecule has 1 saturated heterocycles. The average molecular weight is 314 g/mol. The summed E-state index contributed by atoms with van der Waals surface area (Å²) in [5, 5.41) is 0. The monoisotopic (exact) mass is 314 g/mol. The fraction of sp³-hybridized carbons (Fsp3) is 0.800. The lowest BCUT2D eigenvalue weighted by Crippen LogP contribution is -2.49. The molecule has 0 aromatic carbocycles. The first-order valence-corrected chi connectivity index (χ1v) is 7.55. The Labute approximate surface area is 129 Å². The van der Waals surface area contributed by atoms with Crippen LogP contribution in [0.25, 0.3) is 0 Å². The molecular weight excluding hydrogens is 292 g/mol. The summed E-state index contributed by atoms with van der Waals surface area (Å²) in [5.41, 5.74) is 0. The molecule has 0 aromatic rings. The first-order chi connectivity index (χ1) is 10.5. The summed E-state index contributed by atoms with van der Waals surface area (Å²) in [7, 11) is 1.25. The molecule has 2 aliphatic rings. The van der Waals surface area contributed by atoms with Crippen LogP contribution in [0.3, 0.4) is 0 Å². The maximum absolute atomic E-state index is 12.0. The van der Waals surface area contributed by atoms with Gasteiger partial charge in [-0.25, -0.2) is 0 Å². The minimum atomic E-state index is -0.936. The molecule has 5 atom stereocenters. The Bertz CT molecular complexity index is 447. The molecule has 2 bridgehead atoms. The number of ether oxygens (including phenoxy) is 4. The van der Waals surface area contributed by atoms with E-state index in [9.17, 15) is 14.4 Å². The number of esters is 3. The third-order valence-electron chi connectivity index (χ3n) is 4.29. The number of carbonyl (C=O) groups excluding carboxylic acids is 3. The molecule has 7 nitrogen and oxygen atoms in total. The van der Waals surface area contributed by atoms with E-state index < -0.39 is 17.9 Å². The van der Waals surface area contributed by atoms with Crippen LogP contribution in [0.5, 0.6) is 0 Å². The van der Waals surface area contributed by atoms with E-state index in [4.69, 9.17) is 18.9 Å². The van der Waals surface area contributed by atoms with Gasteiger partial charge >= 0.3 is 17.9 Å². The van der Waals surface area contributed by atoms with Crippen molar-refractivity contribution in [2.45, 2.75) is 38.9 Å². The van der Waals surface area contributed by atoms with E-state index in [2.05, 4.69) is 0 Å². The summed E-state index contributed by atoms with van der Waals surface area (Å²) in [6.07, 6.45) is 0.251. The number of rotatable bonds is 6. The molecule has 5 unspecified atom stereocenters. The van der Waals surface area contributed by atoms with Gasteiger partial charge in [-0.2, -0.15) is 0 Å². The summed E-state index contributed by atoms with van der Waals surface area (Å²) in [6, 6.07) is 0. The zero-order chi connectivity index (χ0) is 16.3. The van der Waals surface area contributed by atoms with Crippen molar-refractivity contribution in [3.05, 3.63) is 0 Å². The van der Waals surface area contributed by atoms with Crippen molar-refractivity contribution in [3.63, 3.8) is 0 Å². The number of hydrogen-bond donors (Lipinski definition) is 0. The van der Waals surface area contributed by atoms with Crippen LogP contribution in [-0.2, 0) is 33.3 Å². The molecule has 1 aliphatic carbocycles. The molecule has 1 aliphatic heterocycles. The highest BCUT2D eigenvalue weighted by molar-refractivity contribution is 5.96. The number of methoxy groups -OCH3 is 1. The third kappa shape index (κ3) is 3.24. The summed E-state index contributed by atoms with van der Waals surface area (Å²) in [5.74, 6) is -2.49. The van der Waals surface area contributed by atoms with Crippen LogP contribution in [-0.4, -0.2) is 50.4 Å². The van der Waals surface area contributed by atoms with Crippen LogP contribution in [0.2, 0.25) is 0 Å². The maximum Gasteiger partial charge on any atom is 0.321 e. The van der Waals surface area contributed by atoms with Crippen molar-refractivity contribution in [2.24, 2.45) is 17.8 Å². The Balaban J connectivity index is 1.97. The van der Waals surface area contributed by atoms with Gasteiger partial charge in [-0.3, -0.25) is 14.4 Å². The predicted octanol–water partition coefficient (Wildman–Crippen LogP) is 0.695. The van der Waals surface area contributed by atoms with E-state index in [1.807, 2.05) is 6.92 Å². The lowest BCUT2D eigenvalue weighted by atomic mass is 9.87. The van der Waals surface area contributed by atoms with E-state index in [0.29, 0.717) is 12.8 Å². The topological polar surface area (TPSA) is 88.1 Å². The lowest BCUT2D eigenvalue weighted by molar-refractivity contribution is -0.188. The van der Waals surface area contributed by atoms with Crippen LogP contribution in [0.1, 0.15) is 26.7 Å². The molecular formula is C15H22O7. The molecule has 0 radical (unpaired) electrons. The van der Waals surface area contributed by atoms with Gasteiger partial charge in [0, 0.05) is 12.3 Å². The third-order valence-corrected chi connectivity index (χ3v) is 4.29. The van der Waals surface area contributed by atoms with Gasteiger partial charge in [-0.15, -0.1) is 0 Å². The van der Waals surface area contributed by atoms with Crippen LogP contribution in [0, 0.1) is 17.8 Å². The number of fused-ring (bicyclic) bond motifs is 2. The second-order valence-electron chi connectivity index (χ2n) is 5.69. The van der Waals surface area contributed by atoms with E-state index in [0.717, 1.165) is 0 Å². The van der Waals surface area contributed by atoms with Gasteiger partial charge in [0.05, 0.1) is 19.8 Å². The minimum Gasteiger partial charge on any atom is -0.468 e. The predicted molar refractivity (Wildman–Crippen MR) is 73.6 cm³/mol. The van der Waals surface area contributed by atoms with Gasteiger partial charge in [-0.1, -0.05) is 13.8 Å². The second-order valence-corrected chi connectivity index (χ2v) is 5.69. The molecule has 22 heavy (non-hydrogen) atoms. The molecule has 1 heterocycles. The highest BCUT2D eigenvalue weighted by Crippen LogP contribution is 2.44. The molecule has 2 fully saturated rings. The van der Waals surface area contributed by atoms with E-state index in [-0.39, 0.29) is 43.2 Å². The number of carbonyl (C=O) groups is 3. The van der Waals surface area contributed by atoms with Gasteiger partial charge in [-0.05, 0) is 12.3 Å². The zero-order valence-electron chi connectivity index (χ0n) is 13.1. The Morgan fingerprint density at radius 1 is 1.32 bits per heavy atom. The smallest absolute Gasteiger partial charge is 0.321 e. The van der Waals surface area contributed by atoms with Crippen LogP contribution < -0.4 is 0 Å². The fourth-order valence-corrected chi connectivity index (χ4v) is 3.21. The average Bonchev–Trinajstić information content (AvgIpc) is 2.72. The van der Waals surface area contributed by atoms with Gasteiger partial charge < -0.3 is 18.9 Å². The first-order valence-electron chi connectivity index (χ1n) is 7.55. The van der Waals surface area contributed by atoms with Crippen molar-refractivity contribution in [3.8, 4) is 0 Å². The quantitative estimate of drug-likeness (QED) is 0.308. The SMILES string of the molecule is CCC(=O)OCCOC1C2CC(C)C1OC(=O)C2C(=O)OC. The second kappa shape index (κ2) is 7.09. The fourth-order valence-electron chi connectivity index (χ4n) is 3.21. The first kappa shape index (κ1) is 16.7. The molecule has 7 heteroatoms. The van der Waals surface area contributed by atoms with E-state index in [1.54, 1.807) is 6.92 Å². The molecule has 124 valence electrons. The molecule has 0 aromatic heterocycles. The molecule has 1 saturated carbocycles. The lowest BCUT2D eigenvalue weighted by Gasteiger charge is -2.34. The maximum atomic E-state index is 12.0. The molecule has 2 rings (SSSR count). The van der Waals surface area contributed by atoms with E-state index in [1.165, 1.54) is 7.11 Å². The summed E-state index contributed by atoms with van der Waals surface area (Å²) in [4.78, 5) is 34.9. The van der Waals surface area contributed by atoms with E-state index >= 15 is 0 Å². The van der Waals surface area contributed by atoms with Crippen LogP contribution >= 0.6 is 0 Å². The Morgan fingerprint density at radius 3 is 2.68 bits per heavy atom. The highest BCUT2D eigenvalue weighted by atomic mass is 16.6. The van der Waals surface area contributed by atoms with Crippen LogP contribution in [0.4, 0.5) is 0 Å². The summed E-state index contributed by atoms with van der Waals surface area (Å²) >= 11 is 0. The van der Waals surface area contributed by atoms with Gasteiger partial charge in [0.25, 0.3) is 0 Å². The van der Waals surface area contributed by atoms with Gasteiger partial charge in [0.2, 0.25) is 0 Å². The largest absolute Gasteiger partial charge is 0.468 e. The van der Waals surface area contributed by atoms with Crippen molar-refractivity contribution >= 4 is 17.9 Å². The van der Waals surface area contributed by atoms with Crippen LogP contribution in [0.15, 0.2) is 0 Å². The normalized spacial score (nSPS) is 33.2. The molecule has 0 amide bonds. The standard InChI is InChI=1S/C15H22O7/c1-4-10(16)20-5-6-21-13-9-7-8(2)12(13)22-15(18)11(9)14(17)19-3/h8-9,11-13H,4-7H2,1-3H3. The molecule has 0 N–H and O–H groups in total. The molecule has 0 spiro atoms. The Kier molecular flexibility index (Phi) is 5.39. The summed E-state index contributed by atoms with van der Waals surface area (Å²) < 4.78 is 20.8. The van der Waals surface area contributed by atoms with Crippen molar-refractivity contribution in [2.75, 3.05) is 20.3 Å².